The maximum absolute atomic E-state index is 2.45. The van der Waals surface area contributed by atoms with Crippen molar-refractivity contribution in [1.29, 1.82) is 0 Å². The van der Waals surface area contributed by atoms with E-state index in [2.05, 4.69) is 34.6 Å². The lowest BCUT2D eigenvalue weighted by molar-refractivity contribution is 0.242. The molecule has 0 amide bonds. The van der Waals surface area contributed by atoms with Crippen LogP contribution in [-0.4, -0.2) is 0 Å². The third-order valence-corrected chi connectivity index (χ3v) is 4.58. The fourth-order valence-electron chi connectivity index (χ4n) is 2.73. The maximum Gasteiger partial charge on any atom is -0.0354 e. The van der Waals surface area contributed by atoms with Crippen LogP contribution in [0.5, 0.6) is 0 Å². The Balaban J connectivity index is 2.60. The summed E-state index contributed by atoms with van der Waals surface area (Å²) in [5.74, 6) is 2.77. The van der Waals surface area contributed by atoms with Gasteiger partial charge < -0.3 is 0 Å². The van der Waals surface area contributed by atoms with Gasteiger partial charge in [-0.3, -0.25) is 0 Å². The summed E-state index contributed by atoms with van der Waals surface area (Å²) >= 11 is 0. The van der Waals surface area contributed by atoms with Crippen molar-refractivity contribution in [2.45, 2.75) is 66.7 Å². The molecule has 0 spiro atoms. The monoisotopic (exact) mass is 196 g/mol. The quantitative estimate of drug-likeness (QED) is 0.518. The highest BCUT2D eigenvalue weighted by Crippen LogP contribution is 2.37. The van der Waals surface area contributed by atoms with Gasteiger partial charge in [-0.05, 0) is 42.4 Å². The van der Waals surface area contributed by atoms with Gasteiger partial charge in [0.05, 0.1) is 0 Å². The number of rotatable bonds is 0. The summed E-state index contributed by atoms with van der Waals surface area (Å²) in [6.45, 7) is 12.2. The molecule has 1 fully saturated rings. The Morgan fingerprint density at radius 1 is 0.857 bits per heavy atom. The standard InChI is InChI=1S/C14H28/c1-11-7-6-9-14(4,5)10-8-12(2)13(11)3/h11-13H,6-10H2,1-5H3. The lowest BCUT2D eigenvalue weighted by Crippen LogP contribution is -2.16. The molecule has 0 heteroatoms. The second kappa shape index (κ2) is 4.68. The Kier molecular flexibility index (Phi) is 4.04. The van der Waals surface area contributed by atoms with Gasteiger partial charge >= 0.3 is 0 Å². The van der Waals surface area contributed by atoms with Crippen molar-refractivity contribution in [3.63, 3.8) is 0 Å². The van der Waals surface area contributed by atoms with Crippen molar-refractivity contribution < 1.29 is 0 Å². The highest BCUT2D eigenvalue weighted by molar-refractivity contribution is 4.77. The second-order valence-electron chi connectivity index (χ2n) is 6.41. The average molecular weight is 196 g/mol. The lowest BCUT2D eigenvalue weighted by Gasteiger charge is -2.26. The van der Waals surface area contributed by atoms with Crippen molar-refractivity contribution in [2.24, 2.45) is 23.2 Å². The van der Waals surface area contributed by atoms with Crippen LogP contribution in [0.25, 0.3) is 0 Å². The molecule has 1 aliphatic rings. The van der Waals surface area contributed by atoms with Crippen LogP contribution < -0.4 is 0 Å². The molecule has 0 heterocycles. The van der Waals surface area contributed by atoms with Gasteiger partial charge in [-0.1, -0.05) is 47.5 Å². The van der Waals surface area contributed by atoms with Crippen LogP contribution >= 0.6 is 0 Å². The van der Waals surface area contributed by atoms with E-state index in [9.17, 15) is 0 Å². The fraction of sp³-hybridized carbons (Fsp3) is 1.00. The van der Waals surface area contributed by atoms with E-state index >= 15 is 0 Å². The molecule has 3 unspecified atom stereocenters. The summed E-state index contributed by atoms with van der Waals surface area (Å²) in [7, 11) is 0. The predicted molar refractivity (Wildman–Crippen MR) is 64.4 cm³/mol. The Bertz CT molecular complexity index is 169. The minimum Gasteiger partial charge on any atom is -0.0622 e. The molecular formula is C14H28. The molecule has 0 N–H and O–H groups in total. The molecule has 14 heavy (non-hydrogen) atoms. The van der Waals surface area contributed by atoms with Gasteiger partial charge in [0.1, 0.15) is 0 Å². The van der Waals surface area contributed by atoms with E-state index in [0.717, 1.165) is 17.8 Å². The van der Waals surface area contributed by atoms with Crippen molar-refractivity contribution >= 4 is 0 Å². The zero-order chi connectivity index (χ0) is 10.8. The molecule has 1 saturated carbocycles. The summed E-state index contributed by atoms with van der Waals surface area (Å²) in [4.78, 5) is 0. The van der Waals surface area contributed by atoms with Gasteiger partial charge in [-0.2, -0.15) is 0 Å². The van der Waals surface area contributed by atoms with Crippen molar-refractivity contribution in [3.05, 3.63) is 0 Å². The van der Waals surface area contributed by atoms with Crippen molar-refractivity contribution in [2.75, 3.05) is 0 Å². The predicted octanol–water partition coefficient (Wildman–Crippen LogP) is 4.89. The smallest absolute Gasteiger partial charge is 0.0354 e. The van der Waals surface area contributed by atoms with Gasteiger partial charge in [0.2, 0.25) is 0 Å². The summed E-state index contributed by atoms with van der Waals surface area (Å²) in [6, 6.07) is 0. The molecule has 84 valence electrons. The number of hydrogen-bond donors (Lipinski definition) is 0. The summed E-state index contributed by atoms with van der Waals surface area (Å²) in [5.41, 5.74) is 0.595. The first kappa shape index (κ1) is 12.1. The van der Waals surface area contributed by atoms with Crippen LogP contribution in [0.3, 0.4) is 0 Å². The van der Waals surface area contributed by atoms with E-state index in [1.165, 1.54) is 32.1 Å². The zero-order valence-electron chi connectivity index (χ0n) is 10.8. The van der Waals surface area contributed by atoms with E-state index in [4.69, 9.17) is 0 Å². The molecule has 0 bridgehead atoms. The summed E-state index contributed by atoms with van der Waals surface area (Å²) < 4.78 is 0. The highest BCUT2D eigenvalue weighted by Gasteiger charge is 2.26. The first-order valence-electron chi connectivity index (χ1n) is 6.42. The largest absolute Gasteiger partial charge is 0.0622 e. The first-order chi connectivity index (χ1) is 6.42. The van der Waals surface area contributed by atoms with Gasteiger partial charge in [-0.25, -0.2) is 0 Å². The molecule has 0 nitrogen and oxygen atoms in total. The molecule has 0 saturated heterocycles. The third-order valence-electron chi connectivity index (χ3n) is 4.58. The van der Waals surface area contributed by atoms with Gasteiger partial charge in [-0.15, -0.1) is 0 Å². The molecular weight excluding hydrogens is 168 g/mol. The topological polar surface area (TPSA) is 0 Å². The Morgan fingerprint density at radius 2 is 1.43 bits per heavy atom. The zero-order valence-corrected chi connectivity index (χ0v) is 10.8. The Hall–Kier alpha value is 0. The van der Waals surface area contributed by atoms with Crippen molar-refractivity contribution in [3.8, 4) is 0 Å². The van der Waals surface area contributed by atoms with Crippen LogP contribution in [-0.2, 0) is 0 Å². The normalized spacial score (nSPS) is 39.6. The molecule has 0 aromatic carbocycles. The Labute approximate surface area is 90.5 Å². The summed E-state index contributed by atoms with van der Waals surface area (Å²) in [5, 5.41) is 0. The molecule has 1 rings (SSSR count). The average Bonchev–Trinajstić information content (AvgIpc) is 2.14. The maximum atomic E-state index is 2.45. The minimum absolute atomic E-state index is 0.595. The van der Waals surface area contributed by atoms with Gasteiger partial charge in [0, 0.05) is 0 Å². The van der Waals surface area contributed by atoms with Gasteiger partial charge in [0.25, 0.3) is 0 Å². The third kappa shape index (κ3) is 3.29. The summed E-state index contributed by atoms with van der Waals surface area (Å²) in [6.07, 6.45) is 7.15. The second-order valence-corrected chi connectivity index (χ2v) is 6.41. The molecule has 0 aromatic heterocycles. The Morgan fingerprint density at radius 3 is 2.07 bits per heavy atom. The van der Waals surface area contributed by atoms with Crippen LogP contribution in [0, 0.1) is 23.2 Å². The highest BCUT2D eigenvalue weighted by atomic mass is 14.3. The van der Waals surface area contributed by atoms with Crippen LogP contribution in [0.4, 0.5) is 0 Å². The van der Waals surface area contributed by atoms with Gasteiger partial charge in [0.15, 0.2) is 0 Å². The van der Waals surface area contributed by atoms with E-state index in [1.807, 2.05) is 0 Å². The fourth-order valence-corrected chi connectivity index (χ4v) is 2.73. The van der Waals surface area contributed by atoms with Crippen LogP contribution in [0.15, 0.2) is 0 Å². The molecule has 0 aliphatic heterocycles. The van der Waals surface area contributed by atoms with E-state index in [0.29, 0.717) is 5.41 Å². The van der Waals surface area contributed by atoms with E-state index in [-0.39, 0.29) is 0 Å². The van der Waals surface area contributed by atoms with E-state index in [1.54, 1.807) is 0 Å². The van der Waals surface area contributed by atoms with Crippen LogP contribution in [0.2, 0.25) is 0 Å². The lowest BCUT2D eigenvalue weighted by atomic mass is 9.79. The number of hydrogen-bond acceptors (Lipinski definition) is 0. The van der Waals surface area contributed by atoms with Crippen molar-refractivity contribution in [1.82, 2.24) is 0 Å². The molecule has 0 aromatic rings. The molecule has 0 radical (unpaired) electrons. The SMILES string of the molecule is CC1CCCC(C)(C)CCC(C)C1C. The minimum atomic E-state index is 0.595. The first-order valence-corrected chi connectivity index (χ1v) is 6.42. The van der Waals surface area contributed by atoms with Crippen LogP contribution in [0.1, 0.15) is 66.7 Å². The van der Waals surface area contributed by atoms with E-state index < -0.39 is 0 Å². The molecule has 3 atom stereocenters. The molecule has 1 aliphatic carbocycles.